The van der Waals surface area contributed by atoms with Crippen LogP contribution in [0.1, 0.15) is 6.92 Å². The summed E-state index contributed by atoms with van der Waals surface area (Å²) in [6.45, 7) is 3.21. The third kappa shape index (κ3) is 3.75. The van der Waals surface area contributed by atoms with Gasteiger partial charge in [-0.05, 0) is 43.4 Å². The molecule has 88 valence electrons. The largest absolute Gasteiger partial charge is 0.395 e. The third-order valence-corrected chi connectivity index (χ3v) is 2.49. The molecule has 0 unspecified atom stereocenters. The summed E-state index contributed by atoms with van der Waals surface area (Å²) in [6, 6.07) is 5.98. The lowest BCUT2D eigenvalue weighted by molar-refractivity contribution is 0.254. The molecule has 0 heterocycles. The van der Waals surface area contributed by atoms with Crippen molar-refractivity contribution in [2.24, 2.45) is 0 Å². The Bertz CT molecular complexity index is 342. The van der Waals surface area contributed by atoms with Crippen LogP contribution in [0, 0.1) is 5.82 Å². The van der Waals surface area contributed by atoms with Gasteiger partial charge in [0.05, 0.1) is 6.61 Å². The summed E-state index contributed by atoms with van der Waals surface area (Å²) in [5.41, 5.74) is 0.739. The molecule has 1 aromatic rings. The van der Waals surface area contributed by atoms with Crippen molar-refractivity contribution in [2.45, 2.75) is 6.92 Å². The number of thiocarbonyl (C=S) groups is 1. The van der Waals surface area contributed by atoms with Crippen LogP contribution in [0.5, 0.6) is 0 Å². The molecule has 1 aromatic carbocycles. The fourth-order valence-electron chi connectivity index (χ4n) is 1.26. The molecule has 0 aliphatic carbocycles. The first-order chi connectivity index (χ1) is 7.67. The van der Waals surface area contributed by atoms with Crippen molar-refractivity contribution >= 4 is 23.0 Å². The summed E-state index contributed by atoms with van der Waals surface area (Å²) in [7, 11) is 0. The molecule has 0 fully saturated rings. The van der Waals surface area contributed by atoms with Gasteiger partial charge in [0, 0.05) is 18.8 Å². The number of rotatable bonds is 4. The van der Waals surface area contributed by atoms with Gasteiger partial charge in [-0.3, -0.25) is 0 Å². The summed E-state index contributed by atoms with van der Waals surface area (Å²) >= 11 is 5.16. The van der Waals surface area contributed by atoms with Gasteiger partial charge in [0.15, 0.2) is 5.11 Å². The van der Waals surface area contributed by atoms with Gasteiger partial charge in [0.1, 0.15) is 5.82 Å². The van der Waals surface area contributed by atoms with E-state index in [1.807, 2.05) is 11.8 Å². The highest BCUT2D eigenvalue weighted by Gasteiger charge is 2.06. The average Bonchev–Trinajstić information content (AvgIpc) is 2.29. The van der Waals surface area contributed by atoms with Gasteiger partial charge in [-0.2, -0.15) is 0 Å². The second kappa shape index (κ2) is 6.40. The van der Waals surface area contributed by atoms with E-state index in [4.69, 9.17) is 17.3 Å². The average molecular weight is 242 g/mol. The quantitative estimate of drug-likeness (QED) is 0.790. The Hall–Kier alpha value is -1.20. The summed E-state index contributed by atoms with van der Waals surface area (Å²) < 4.78 is 12.7. The molecule has 0 saturated heterocycles. The minimum atomic E-state index is -0.279. The van der Waals surface area contributed by atoms with Crippen LogP contribution in [0.15, 0.2) is 24.3 Å². The van der Waals surface area contributed by atoms with Gasteiger partial charge in [0.25, 0.3) is 0 Å². The van der Waals surface area contributed by atoms with Gasteiger partial charge in [0.2, 0.25) is 0 Å². The van der Waals surface area contributed by atoms with Crippen molar-refractivity contribution in [2.75, 3.05) is 25.0 Å². The highest BCUT2D eigenvalue weighted by Crippen LogP contribution is 2.09. The normalized spacial score (nSPS) is 9.94. The lowest BCUT2D eigenvalue weighted by Crippen LogP contribution is -2.36. The Kier molecular flexibility index (Phi) is 5.14. The van der Waals surface area contributed by atoms with Crippen molar-refractivity contribution in [1.29, 1.82) is 0 Å². The molecule has 1 rings (SSSR count). The van der Waals surface area contributed by atoms with Crippen molar-refractivity contribution in [3.8, 4) is 0 Å². The van der Waals surface area contributed by atoms with Crippen LogP contribution in [0.2, 0.25) is 0 Å². The molecule has 5 heteroatoms. The molecule has 0 radical (unpaired) electrons. The van der Waals surface area contributed by atoms with Crippen LogP contribution in [0.3, 0.4) is 0 Å². The standard InChI is InChI=1S/C11H15FN2OS/c1-2-14(7-8-15)11(16)13-10-5-3-9(12)4-6-10/h3-6,15H,2,7-8H2,1H3,(H,13,16). The first kappa shape index (κ1) is 12.9. The van der Waals surface area contributed by atoms with Crippen LogP contribution < -0.4 is 5.32 Å². The Labute approximate surface area is 99.9 Å². The lowest BCUT2D eigenvalue weighted by Gasteiger charge is -2.23. The van der Waals surface area contributed by atoms with Crippen molar-refractivity contribution in [3.63, 3.8) is 0 Å². The van der Waals surface area contributed by atoms with E-state index in [2.05, 4.69) is 5.32 Å². The number of nitrogens with zero attached hydrogens (tertiary/aromatic N) is 1. The molecular formula is C11H15FN2OS. The number of aliphatic hydroxyl groups is 1. The van der Waals surface area contributed by atoms with E-state index in [1.165, 1.54) is 12.1 Å². The molecule has 2 N–H and O–H groups in total. The maximum absolute atomic E-state index is 12.7. The van der Waals surface area contributed by atoms with Gasteiger partial charge in [-0.25, -0.2) is 4.39 Å². The number of hydrogen-bond donors (Lipinski definition) is 2. The summed E-state index contributed by atoms with van der Waals surface area (Å²) in [6.07, 6.45) is 0. The predicted octanol–water partition coefficient (Wildman–Crippen LogP) is 1.84. The number of nitrogens with one attached hydrogen (secondary N) is 1. The zero-order valence-electron chi connectivity index (χ0n) is 9.11. The van der Waals surface area contributed by atoms with Gasteiger partial charge >= 0.3 is 0 Å². The highest BCUT2D eigenvalue weighted by molar-refractivity contribution is 7.80. The van der Waals surface area contributed by atoms with Crippen LogP contribution >= 0.6 is 12.2 Å². The molecule has 0 bridgehead atoms. The maximum Gasteiger partial charge on any atom is 0.173 e. The smallest absolute Gasteiger partial charge is 0.173 e. The first-order valence-corrected chi connectivity index (χ1v) is 5.50. The third-order valence-electron chi connectivity index (χ3n) is 2.13. The minimum Gasteiger partial charge on any atom is -0.395 e. The zero-order valence-corrected chi connectivity index (χ0v) is 9.93. The first-order valence-electron chi connectivity index (χ1n) is 5.09. The molecule has 0 aliphatic rings. The minimum absolute atomic E-state index is 0.0546. The maximum atomic E-state index is 12.7. The SMILES string of the molecule is CCN(CCO)C(=S)Nc1ccc(F)cc1. The van der Waals surface area contributed by atoms with Gasteiger partial charge in [-0.1, -0.05) is 0 Å². The number of benzene rings is 1. The molecule has 0 amide bonds. The number of anilines is 1. The van der Waals surface area contributed by atoms with E-state index in [9.17, 15) is 4.39 Å². The Morgan fingerprint density at radius 3 is 2.56 bits per heavy atom. The number of likely N-dealkylation sites (N-methyl/N-ethyl adjacent to an activating group) is 1. The number of hydrogen-bond acceptors (Lipinski definition) is 2. The Balaban J connectivity index is 2.59. The topological polar surface area (TPSA) is 35.5 Å². The van der Waals surface area contributed by atoms with Crippen molar-refractivity contribution in [3.05, 3.63) is 30.1 Å². The van der Waals surface area contributed by atoms with Crippen LogP contribution in [0.25, 0.3) is 0 Å². The monoisotopic (exact) mass is 242 g/mol. The van der Waals surface area contributed by atoms with E-state index in [0.717, 1.165) is 5.69 Å². The number of aliphatic hydroxyl groups excluding tert-OH is 1. The molecular weight excluding hydrogens is 227 g/mol. The van der Waals surface area contributed by atoms with Crippen LogP contribution in [-0.2, 0) is 0 Å². The van der Waals surface area contributed by atoms with Crippen molar-refractivity contribution < 1.29 is 9.50 Å². The molecule has 0 aromatic heterocycles. The fourth-order valence-corrected chi connectivity index (χ4v) is 1.60. The van der Waals surface area contributed by atoms with E-state index >= 15 is 0 Å². The van der Waals surface area contributed by atoms with E-state index in [-0.39, 0.29) is 12.4 Å². The van der Waals surface area contributed by atoms with Crippen LogP contribution in [0.4, 0.5) is 10.1 Å². The fraction of sp³-hybridized carbons (Fsp3) is 0.364. The summed E-state index contributed by atoms with van der Waals surface area (Å²) in [4.78, 5) is 1.83. The molecule has 0 atom stereocenters. The summed E-state index contributed by atoms with van der Waals surface area (Å²) in [5, 5.41) is 12.4. The van der Waals surface area contributed by atoms with Gasteiger partial charge < -0.3 is 15.3 Å². The molecule has 16 heavy (non-hydrogen) atoms. The van der Waals surface area contributed by atoms with E-state index in [0.29, 0.717) is 18.2 Å². The predicted molar refractivity (Wildman–Crippen MR) is 67.0 cm³/mol. The van der Waals surface area contributed by atoms with Crippen molar-refractivity contribution in [1.82, 2.24) is 4.90 Å². The highest BCUT2D eigenvalue weighted by atomic mass is 32.1. The second-order valence-electron chi connectivity index (χ2n) is 3.24. The summed E-state index contributed by atoms with van der Waals surface area (Å²) in [5.74, 6) is -0.279. The zero-order chi connectivity index (χ0) is 12.0. The Morgan fingerprint density at radius 1 is 1.44 bits per heavy atom. The van der Waals surface area contributed by atoms with Crippen LogP contribution in [-0.4, -0.2) is 34.8 Å². The van der Waals surface area contributed by atoms with E-state index < -0.39 is 0 Å². The number of halogens is 1. The molecule has 3 nitrogen and oxygen atoms in total. The van der Waals surface area contributed by atoms with E-state index in [1.54, 1.807) is 12.1 Å². The Morgan fingerprint density at radius 2 is 2.06 bits per heavy atom. The van der Waals surface area contributed by atoms with Gasteiger partial charge in [-0.15, -0.1) is 0 Å². The molecule has 0 aliphatic heterocycles. The molecule has 0 spiro atoms. The second-order valence-corrected chi connectivity index (χ2v) is 3.63. The lowest BCUT2D eigenvalue weighted by atomic mass is 10.3. The molecule has 0 saturated carbocycles.